The van der Waals surface area contributed by atoms with Gasteiger partial charge >= 0.3 is 0 Å². The van der Waals surface area contributed by atoms with Crippen molar-refractivity contribution in [3.63, 3.8) is 0 Å². The first-order valence-electron chi connectivity index (χ1n) is 5.93. The molecule has 18 heavy (non-hydrogen) atoms. The Morgan fingerprint density at radius 3 is 2.67 bits per heavy atom. The molecule has 4 nitrogen and oxygen atoms in total. The van der Waals surface area contributed by atoms with Crippen molar-refractivity contribution in [3.05, 3.63) is 28.2 Å². The van der Waals surface area contributed by atoms with Gasteiger partial charge in [-0.1, -0.05) is 6.07 Å². The van der Waals surface area contributed by atoms with Crippen molar-refractivity contribution in [1.29, 1.82) is 0 Å². The van der Waals surface area contributed by atoms with E-state index in [0.717, 1.165) is 22.3 Å². The van der Waals surface area contributed by atoms with Crippen molar-refractivity contribution in [2.45, 2.75) is 13.0 Å². The van der Waals surface area contributed by atoms with Crippen LogP contribution in [0.3, 0.4) is 0 Å². The number of nitrogens with zero attached hydrogens (tertiary/aromatic N) is 1. The Balaban J connectivity index is 2.60. The van der Waals surface area contributed by atoms with Crippen LogP contribution in [0.25, 0.3) is 0 Å². The topological polar surface area (TPSA) is 52.9 Å². The fourth-order valence-electron chi connectivity index (χ4n) is 1.58. The third-order valence-electron chi connectivity index (χ3n) is 2.67. The summed E-state index contributed by atoms with van der Waals surface area (Å²) in [5, 5.41) is 18.1. The number of aliphatic hydroxyl groups is 2. The second-order valence-electron chi connectivity index (χ2n) is 4.14. The van der Waals surface area contributed by atoms with E-state index < -0.39 is 6.10 Å². The van der Waals surface area contributed by atoms with Crippen molar-refractivity contribution in [1.82, 2.24) is 0 Å². The van der Waals surface area contributed by atoms with Crippen LogP contribution in [-0.4, -0.2) is 43.6 Å². The number of rotatable bonds is 7. The van der Waals surface area contributed by atoms with E-state index in [1.165, 1.54) is 0 Å². The molecule has 0 spiro atoms. The highest BCUT2D eigenvalue weighted by molar-refractivity contribution is 9.10. The summed E-state index contributed by atoms with van der Waals surface area (Å²) in [7, 11) is 1.98. The Kier molecular flexibility index (Phi) is 6.63. The van der Waals surface area contributed by atoms with Crippen LogP contribution < -0.4 is 4.90 Å². The quantitative estimate of drug-likeness (QED) is 0.755. The molecular weight excluding hydrogens is 298 g/mol. The molecule has 0 aromatic heterocycles. The largest absolute Gasteiger partial charge is 0.394 e. The molecule has 0 aliphatic heterocycles. The summed E-state index contributed by atoms with van der Waals surface area (Å²) in [6.45, 7) is 3.48. The van der Waals surface area contributed by atoms with E-state index in [1.807, 2.05) is 25.2 Å². The number of halogens is 1. The second kappa shape index (κ2) is 7.74. The predicted octanol–water partition coefficient (Wildman–Crippen LogP) is 1.95. The SMILES string of the molecule is C[C@@H](O)c1ccc(N(C)CCOCCO)c(Br)c1. The third-order valence-corrected chi connectivity index (χ3v) is 3.31. The average Bonchev–Trinajstić information content (AvgIpc) is 2.34. The second-order valence-corrected chi connectivity index (χ2v) is 5.00. The standard InChI is InChI=1S/C13H20BrNO3/c1-10(17)11-3-4-13(12(14)9-11)15(2)5-7-18-8-6-16/h3-4,9-10,16-17H,5-8H2,1-2H3/t10-/m1/s1. The molecule has 0 heterocycles. The number of hydrogen-bond acceptors (Lipinski definition) is 4. The van der Waals surface area contributed by atoms with Crippen LogP contribution in [0.4, 0.5) is 5.69 Å². The number of ether oxygens (including phenoxy) is 1. The Morgan fingerprint density at radius 2 is 2.11 bits per heavy atom. The molecule has 2 N–H and O–H groups in total. The van der Waals surface area contributed by atoms with Crippen LogP contribution in [0.2, 0.25) is 0 Å². The summed E-state index contributed by atoms with van der Waals surface area (Å²) in [5.74, 6) is 0. The van der Waals surface area contributed by atoms with E-state index >= 15 is 0 Å². The number of likely N-dealkylation sites (N-methyl/N-ethyl adjacent to an activating group) is 1. The Bertz CT molecular complexity index is 371. The van der Waals surface area contributed by atoms with Crippen molar-refractivity contribution in [3.8, 4) is 0 Å². The Morgan fingerprint density at radius 1 is 1.39 bits per heavy atom. The monoisotopic (exact) mass is 317 g/mol. The van der Waals surface area contributed by atoms with Crippen LogP contribution in [-0.2, 0) is 4.74 Å². The molecule has 1 aromatic rings. The van der Waals surface area contributed by atoms with Crippen molar-refractivity contribution >= 4 is 21.6 Å². The predicted molar refractivity (Wildman–Crippen MR) is 76.0 cm³/mol. The summed E-state index contributed by atoms with van der Waals surface area (Å²) in [5.41, 5.74) is 1.93. The number of aliphatic hydroxyl groups excluding tert-OH is 2. The molecule has 1 aromatic carbocycles. The molecule has 0 aliphatic rings. The maximum Gasteiger partial charge on any atom is 0.0762 e. The maximum atomic E-state index is 9.50. The smallest absolute Gasteiger partial charge is 0.0762 e. The van der Waals surface area contributed by atoms with E-state index in [2.05, 4.69) is 20.8 Å². The molecule has 0 unspecified atom stereocenters. The maximum absolute atomic E-state index is 9.50. The molecule has 0 fully saturated rings. The van der Waals surface area contributed by atoms with Crippen LogP contribution in [0.5, 0.6) is 0 Å². The molecule has 0 bridgehead atoms. The van der Waals surface area contributed by atoms with Crippen LogP contribution in [0.1, 0.15) is 18.6 Å². The third kappa shape index (κ3) is 4.57. The van der Waals surface area contributed by atoms with Gasteiger partial charge in [0, 0.05) is 18.1 Å². The highest BCUT2D eigenvalue weighted by atomic mass is 79.9. The lowest BCUT2D eigenvalue weighted by molar-refractivity contribution is 0.0971. The van der Waals surface area contributed by atoms with E-state index in [1.54, 1.807) is 6.92 Å². The summed E-state index contributed by atoms with van der Waals surface area (Å²) >= 11 is 3.51. The van der Waals surface area contributed by atoms with Gasteiger partial charge in [0.15, 0.2) is 0 Å². The van der Waals surface area contributed by atoms with Gasteiger partial charge in [0.05, 0.1) is 31.6 Å². The lowest BCUT2D eigenvalue weighted by Gasteiger charge is -2.21. The summed E-state index contributed by atoms with van der Waals surface area (Å²) in [6.07, 6.45) is -0.464. The summed E-state index contributed by atoms with van der Waals surface area (Å²) < 4.78 is 6.18. The van der Waals surface area contributed by atoms with Crippen molar-refractivity contribution in [2.24, 2.45) is 0 Å². The minimum Gasteiger partial charge on any atom is -0.394 e. The van der Waals surface area contributed by atoms with E-state index in [-0.39, 0.29) is 6.61 Å². The first-order valence-corrected chi connectivity index (χ1v) is 6.72. The number of hydrogen-bond donors (Lipinski definition) is 2. The van der Waals surface area contributed by atoms with E-state index in [9.17, 15) is 5.11 Å². The minimum absolute atomic E-state index is 0.0521. The normalized spacial score (nSPS) is 12.5. The van der Waals surface area contributed by atoms with Crippen LogP contribution in [0.15, 0.2) is 22.7 Å². The van der Waals surface area contributed by atoms with Crippen molar-refractivity contribution in [2.75, 3.05) is 38.3 Å². The van der Waals surface area contributed by atoms with Gasteiger partial charge < -0.3 is 19.8 Å². The van der Waals surface area contributed by atoms with Crippen LogP contribution >= 0.6 is 15.9 Å². The molecule has 1 rings (SSSR count). The summed E-state index contributed by atoms with van der Waals surface area (Å²) in [6, 6.07) is 5.80. The summed E-state index contributed by atoms with van der Waals surface area (Å²) in [4.78, 5) is 2.06. The highest BCUT2D eigenvalue weighted by Gasteiger charge is 2.08. The minimum atomic E-state index is -0.464. The molecule has 102 valence electrons. The molecular formula is C13H20BrNO3. The lowest BCUT2D eigenvalue weighted by atomic mass is 10.1. The number of anilines is 1. The van der Waals surface area contributed by atoms with Gasteiger partial charge in [0.1, 0.15) is 0 Å². The Hall–Kier alpha value is -0.620. The van der Waals surface area contributed by atoms with Gasteiger partial charge in [-0.3, -0.25) is 0 Å². The van der Waals surface area contributed by atoms with Gasteiger partial charge in [-0.05, 0) is 40.5 Å². The first-order chi connectivity index (χ1) is 8.56. The van der Waals surface area contributed by atoms with Gasteiger partial charge in [-0.2, -0.15) is 0 Å². The van der Waals surface area contributed by atoms with E-state index in [4.69, 9.17) is 9.84 Å². The molecule has 0 saturated carbocycles. The van der Waals surface area contributed by atoms with Gasteiger partial charge in [0.25, 0.3) is 0 Å². The average molecular weight is 318 g/mol. The highest BCUT2D eigenvalue weighted by Crippen LogP contribution is 2.28. The zero-order chi connectivity index (χ0) is 13.5. The molecule has 0 radical (unpaired) electrons. The fraction of sp³-hybridized carbons (Fsp3) is 0.538. The van der Waals surface area contributed by atoms with Crippen molar-refractivity contribution < 1.29 is 14.9 Å². The van der Waals surface area contributed by atoms with Gasteiger partial charge in [0.2, 0.25) is 0 Å². The molecule has 0 aliphatic carbocycles. The molecule has 0 amide bonds. The lowest BCUT2D eigenvalue weighted by Crippen LogP contribution is -2.23. The van der Waals surface area contributed by atoms with Crippen LogP contribution in [0, 0.1) is 0 Å². The first kappa shape index (κ1) is 15.4. The fourth-order valence-corrected chi connectivity index (χ4v) is 2.28. The molecule has 5 heteroatoms. The number of benzene rings is 1. The molecule has 1 atom stereocenters. The molecule has 0 saturated heterocycles. The zero-order valence-electron chi connectivity index (χ0n) is 10.8. The van der Waals surface area contributed by atoms with E-state index in [0.29, 0.717) is 13.2 Å². The van der Waals surface area contributed by atoms with Gasteiger partial charge in [-0.25, -0.2) is 0 Å². The Labute approximate surface area is 116 Å². The zero-order valence-corrected chi connectivity index (χ0v) is 12.4. The van der Waals surface area contributed by atoms with Gasteiger partial charge in [-0.15, -0.1) is 0 Å².